The van der Waals surface area contributed by atoms with Gasteiger partial charge in [0.15, 0.2) is 0 Å². The van der Waals surface area contributed by atoms with E-state index in [2.05, 4.69) is 5.32 Å². The van der Waals surface area contributed by atoms with E-state index in [0.717, 1.165) is 0 Å². The van der Waals surface area contributed by atoms with Gasteiger partial charge in [-0.05, 0) is 35.4 Å². The Morgan fingerprint density at radius 1 is 1.24 bits per heavy atom. The number of nitriles is 1. The molecule has 0 atom stereocenters. The van der Waals surface area contributed by atoms with Crippen LogP contribution in [0.2, 0.25) is 5.02 Å². The number of carboxylic acid groups (broad SMARTS) is 1. The number of carbonyl (C=O) groups is 2. The van der Waals surface area contributed by atoms with Gasteiger partial charge >= 0.3 is 0 Å². The molecule has 7 heteroatoms. The molecule has 2 aromatic rings. The molecule has 0 fully saturated rings. The number of nitrogens with one attached hydrogen (secondary N) is 1. The van der Waals surface area contributed by atoms with Gasteiger partial charge in [0.05, 0.1) is 18.1 Å². The lowest BCUT2D eigenvalue weighted by Crippen LogP contribution is -2.21. The van der Waals surface area contributed by atoms with Crippen LogP contribution in [0.15, 0.2) is 48.0 Å². The van der Waals surface area contributed by atoms with Crippen LogP contribution >= 0.6 is 11.6 Å². The fourth-order valence-electron chi connectivity index (χ4n) is 1.97. The van der Waals surface area contributed by atoms with Crippen LogP contribution in [0.4, 0.5) is 5.69 Å². The number of halogens is 1. The molecule has 0 saturated carbocycles. The molecule has 2 rings (SSSR count). The first-order valence-electron chi connectivity index (χ1n) is 7.02. The average molecular weight is 356 g/mol. The molecule has 0 aliphatic rings. The number of carbonyl (C=O) groups excluding carboxylic acids is 2. The highest BCUT2D eigenvalue weighted by molar-refractivity contribution is 6.32. The average Bonchev–Trinajstić information content (AvgIpc) is 2.60. The SMILES string of the molecule is COc1ccc(NC(=O)/C(C#N)=C/c2ccc(C(=O)[O-])cc2)cc1Cl. The summed E-state index contributed by atoms with van der Waals surface area (Å²) in [4.78, 5) is 22.9. The van der Waals surface area contributed by atoms with Gasteiger partial charge in [-0.3, -0.25) is 4.79 Å². The molecule has 0 aliphatic heterocycles. The van der Waals surface area contributed by atoms with E-state index in [9.17, 15) is 20.0 Å². The molecule has 0 heterocycles. The van der Waals surface area contributed by atoms with E-state index in [1.807, 2.05) is 6.07 Å². The van der Waals surface area contributed by atoms with E-state index >= 15 is 0 Å². The number of methoxy groups -OCH3 is 1. The molecular formula is C18H12ClN2O4-. The maximum absolute atomic E-state index is 12.2. The summed E-state index contributed by atoms with van der Waals surface area (Å²) >= 11 is 5.99. The van der Waals surface area contributed by atoms with Gasteiger partial charge in [0.1, 0.15) is 17.4 Å². The minimum atomic E-state index is -1.30. The van der Waals surface area contributed by atoms with Crippen LogP contribution in [0.3, 0.4) is 0 Å². The third-order valence-corrected chi connectivity index (χ3v) is 3.53. The van der Waals surface area contributed by atoms with Crippen LogP contribution in [-0.2, 0) is 4.79 Å². The molecule has 0 aliphatic carbocycles. The van der Waals surface area contributed by atoms with E-state index in [-0.39, 0.29) is 11.1 Å². The number of amides is 1. The number of rotatable bonds is 5. The van der Waals surface area contributed by atoms with E-state index < -0.39 is 11.9 Å². The Labute approximate surface area is 148 Å². The number of ether oxygens (including phenoxy) is 1. The summed E-state index contributed by atoms with van der Waals surface area (Å²) in [6.45, 7) is 0. The van der Waals surface area contributed by atoms with Crippen LogP contribution in [0.1, 0.15) is 15.9 Å². The zero-order valence-corrected chi connectivity index (χ0v) is 13.8. The van der Waals surface area contributed by atoms with Crippen LogP contribution in [-0.4, -0.2) is 19.0 Å². The van der Waals surface area contributed by atoms with Crippen molar-refractivity contribution in [3.8, 4) is 11.8 Å². The van der Waals surface area contributed by atoms with Crippen molar-refractivity contribution in [3.63, 3.8) is 0 Å². The van der Waals surface area contributed by atoms with Crippen molar-refractivity contribution < 1.29 is 19.4 Å². The summed E-state index contributed by atoms with van der Waals surface area (Å²) in [6, 6.07) is 12.1. The molecule has 0 radical (unpaired) electrons. The van der Waals surface area contributed by atoms with E-state index in [4.69, 9.17) is 16.3 Å². The van der Waals surface area contributed by atoms with E-state index in [1.54, 1.807) is 12.1 Å². The second kappa shape index (κ2) is 7.99. The molecule has 126 valence electrons. The molecule has 0 aromatic heterocycles. The maximum Gasteiger partial charge on any atom is 0.266 e. The fraction of sp³-hybridized carbons (Fsp3) is 0.0556. The number of nitrogens with zero attached hydrogens (tertiary/aromatic N) is 1. The number of anilines is 1. The van der Waals surface area contributed by atoms with Gasteiger partial charge in [-0.1, -0.05) is 35.9 Å². The highest BCUT2D eigenvalue weighted by Gasteiger charge is 2.11. The Hall–Kier alpha value is -3.30. The summed E-state index contributed by atoms with van der Waals surface area (Å²) in [7, 11) is 1.47. The zero-order chi connectivity index (χ0) is 18.4. The number of aromatic carboxylic acids is 1. The third-order valence-electron chi connectivity index (χ3n) is 3.23. The first-order chi connectivity index (χ1) is 11.9. The van der Waals surface area contributed by atoms with Crippen molar-refractivity contribution in [3.05, 3.63) is 64.2 Å². The van der Waals surface area contributed by atoms with Crippen molar-refractivity contribution in [1.82, 2.24) is 0 Å². The van der Waals surface area contributed by atoms with Crippen molar-refractivity contribution in [1.29, 1.82) is 5.26 Å². The fourth-order valence-corrected chi connectivity index (χ4v) is 2.23. The number of hydrogen-bond acceptors (Lipinski definition) is 5. The van der Waals surface area contributed by atoms with Gasteiger partial charge in [-0.25, -0.2) is 0 Å². The van der Waals surface area contributed by atoms with Gasteiger partial charge in [0, 0.05) is 5.69 Å². The first kappa shape index (κ1) is 18.0. The first-order valence-corrected chi connectivity index (χ1v) is 7.40. The maximum atomic E-state index is 12.2. The molecular weight excluding hydrogens is 344 g/mol. The highest BCUT2D eigenvalue weighted by atomic mass is 35.5. The summed E-state index contributed by atoms with van der Waals surface area (Å²) < 4.78 is 5.02. The summed E-state index contributed by atoms with van der Waals surface area (Å²) in [6.07, 6.45) is 1.35. The second-order valence-corrected chi connectivity index (χ2v) is 5.29. The molecule has 0 spiro atoms. The van der Waals surface area contributed by atoms with Crippen LogP contribution in [0, 0.1) is 11.3 Å². The number of carboxylic acids is 1. The lowest BCUT2D eigenvalue weighted by atomic mass is 10.1. The monoisotopic (exact) mass is 355 g/mol. The highest BCUT2D eigenvalue weighted by Crippen LogP contribution is 2.27. The lowest BCUT2D eigenvalue weighted by Gasteiger charge is -2.08. The summed E-state index contributed by atoms with van der Waals surface area (Å²) in [5.41, 5.74) is 0.773. The predicted octanol–water partition coefficient (Wildman–Crippen LogP) is 2.26. The van der Waals surface area contributed by atoms with Gasteiger partial charge in [0.25, 0.3) is 5.91 Å². The quantitative estimate of drug-likeness (QED) is 0.654. The number of benzene rings is 2. The predicted molar refractivity (Wildman–Crippen MR) is 91.0 cm³/mol. The Bertz CT molecular complexity index is 883. The smallest absolute Gasteiger partial charge is 0.266 e. The van der Waals surface area contributed by atoms with Crippen molar-refractivity contribution >= 4 is 35.2 Å². The standard InChI is InChI=1S/C18H13ClN2O4/c1-25-16-7-6-14(9-15(16)19)21-17(22)13(10-20)8-11-2-4-12(5-3-11)18(23)24/h2-9H,1H3,(H,21,22)(H,23,24)/p-1/b13-8+. The summed E-state index contributed by atoms with van der Waals surface area (Å²) in [5.74, 6) is -1.46. The van der Waals surface area contributed by atoms with Crippen LogP contribution in [0.5, 0.6) is 5.75 Å². The minimum absolute atomic E-state index is 0.00739. The molecule has 0 saturated heterocycles. The van der Waals surface area contributed by atoms with Crippen molar-refractivity contribution in [2.45, 2.75) is 0 Å². The zero-order valence-electron chi connectivity index (χ0n) is 13.1. The molecule has 0 unspecified atom stereocenters. The second-order valence-electron chi connectivity index (χ2n) is 4.88. The normalized spacial score (nSPS) is 10.7. The van der Waals surface area contributed by atoms with Gasteiger partial charge in [0.2, 0.25) is 0 Å². The van der Waals surface area contributed by atoms with E-state index in [0.29, 0.717) is 22.0 Å². The van der Waals surface area contributed by atoms with E-state index in [1.165, 1.54) is 43.5 Å². The Balaban J connectivity index is 2.19. The van der Waals surface area contributed by atoms with Crippen molar-refractivity contribution in [2.24, 2.45) is 0 Å². The Kier molecular flexibility index (Phi) is 5.77. The minimum Gasteiger partial charge on any atom is -0.545 e. The van der Waals surface area contributed by atoms with Crippen LogP contribution < -0.4 is 15.2 Å². The molecule has 1 N–H and O–H groups in total. The molecule has 0 bridgehead atoms. The largest absolute Gasteiger partial charge is 0.545 e. The summed E-state index contributed by atoms with van der Waals surface area (Å²) in [5, 5.41) is 22.8. The Morgan fingerprint density at radius 2 is 1.92 bits per heavy atom. The molecule has 1 amide bonds. The lowest BCUT2D eigenvalue weighted by molar-refractivity contribution is -0.255. The van der Waals surface area contributed by atoms with Gasteiger partial charge in [-0.15, -0.1) is 0 Å². The van der Waals surface area contributed by atoms with Crippen molar-refractivity contribution in [2.75, 3.05) is 12.4 Å². The van der Waals surface area contributed by atoms with Crippen LogP contribution in [0.25, 0.3) is 6.08 Å². The molecule has 25 heavy (non-hydrogen) atoms. The molecule has 2 aromatic carbocycles. The van der Waals surface area contributed by atoms with Gasteiger partial charge < -0.3 is 20.0 Å². The number of hydrogen-bond donors (Lipinski definition) is 1. The Morgan fingerprint density at radius 3 is 2.44 bits per heavy atom. The third kappa shape index (κ3) is 4.59. The topological polar surface area (TPSA) is 102 Å². The molecule has 6 nitrogen and oxygen atoms in total. The van der Waals surface area contributed by atoms with Gasteiger partial charge in [-0.2, -0.15) is 5.26 Å².